The lowest BCUT2D eigenvalue weighted by atomic mass is 9.76. The molecule has 1 unspecified atom stereocenters. The summed E-state index contributed by atoms with van der Waals surface area (Å²) in [5.74, 6) is -7.45. The van der Waals surface area contributed by atoms with Crippen molar-refractivity contribution in [2.45, 2.75) is 18.3 Å². The first-order valence-corrected chi connectivity index (χ1v) is 13.7. The van der Waals surface area contributed by atoms with Crippen molar-refractivity contribution < 1.29 is 44.0 Å². The minimum absolute atomic E-state index is 0.0795. The maximum atomic E-state index is 14.1. The summed E-state index contributed by atoms with van der Waals surface area (Å²) in [6, 6.07) is 6.11. The van der Waals surface area contributed by atoms with Crippen LogP contribution in [0.15, 0.2) is 58.4 Å². The highest BCUT2D eigenvalue weighted by atomic mass is 16.5. The second kappa shape index (κ2) is 9.79. The average Bonchev–Trinajstić information content (AvgIpc) is 3.53. The summed E-state index contributed by atoms with van der Waals surface area (Å²) < 4.78 is 4.91. The lowest BCUT2D eigenvalue weighted by Crippen LogP contribution is -2.36. The summed E-state index contributed by atoms with van der Waals surface area (Å²) in [5.41, 5.74) is -2.70. The van der Waals surface area contributed by atoms with Crippen LogP contribution in [0, 0.1) is 0 Å². The molecule has 1 atom stereocenters. The number of aromatic nitrogens is 2. The van der Waals surface area contributed by atoms with E-state index < -0.39 is 85.3 Å². The van der Waals surface area contributed by atoms with Crippen molar-refractivity contribution in [1.82, 2.24) is 15.4 Å². The molecule has 3 aliphatic carbocycles. The largest absolute Gasteiger partial charge is 0.507 e. The summed E-state index contributed by atoms with van der Waals surface area (Å²) in [5, 5.41) is 37.6. The zero-order valence-corrected chi connectivity index (χ0v) is 23.6. The van der Waals surface area contributed by atoms with Gasteiger partial charge < -0.3 is 25.0 Å². The molecule has 0 bridgehead atoms. The number of benzene rings is 2. The van der Waals surface area contributed by atoms with Crippen molar-refractivity contribution in [2.24, 2.45) is 5.10 Å². The Morgan fingerprint density at radius 3 is 2.41 bits per heavy atom. The van der Waals surface area contributed by atoms with E-state index in [2.05, 4.69) is 20.5 Å². The Labute approximate surface area is 256 Å². The lowest BCUT2D eigenvalue weighted by molar-refractivity contribution is 0.0790. The first kappa shape index (κ1) is 28.3. The zero-order chi connectivity index (χ0) is 32.7. The minimum Gasteiger partial charge on any atom is -0.507 e. The first-order valence-electron chi connectivity index (χ1n) is 13.7. The number of allylic oxidation sites excluding steroid dienone is 2. The van der Waals surface area contributed by atoms with Crippen LogP contribution in [-0.2, 0) is 16.6 Å². The van der Waals surface area contributed by atoms with Crippen LogP contribution in [-0.4, -0.2) is 67.7 Å². The van der Waals surface area contributed by atoms with Crippen LogP contribution in [0.4, 0.5) is 0 Å². The number of hydrogen-bond donors (Lipinski definition) is 5. The van der Waals surface area contributed by atoms with Crippen LogP contribution in [0.2, 0.25) is 0 Å². The number of phenolic OH excluding ortho intramolecular Hbond substituents is 3. The number of nitrogens with zero attached hydrogens (tertiary/aromatic N) is 2. The maximum Gasteiger partial charge on any atom is 0.272 e. The Kier molecular flexibility index (Phi) is 6.03. The Morgan fingerprint density at radius 2 is 1.74 bits per heavy atom. The Hall–Kier alpha value is -6.44. The molecule has 0 aliphatic heterocycles. The number of pyridine rings is 2. The van der Waals surface area contributed by atoms with E-state index in [1.165, 1.54) is 36.8 Å². The number of ketones is 4. The molecule has 7 rings (SSSR count). The van der Waals surface area contributed by atoms with Crippen LogP contribution in [0.3, 0.4) is 0 Å². The Morgan fingerprint density at radius 1 is 1.02 bits per heavy atom. The molecule has 3 aliphatic rings. The number of aryl methyl sites for hydroxylation is 1. The molecule has 46 heavy (non-hydrogen) atoms. The Bertz CT molecular complexity index is 2270. The third kappa shape index (κ3) is 3.63. The van der Waals surface area contributed by atoms with E-state index in [4.69, 9.17) is 4.74 Å². The fourth-order valence-electron chi connectivity index (χ4n) is 6.55. The smallest absolute Gasteiger partial charge is 0.272 e. The van der Waals surface area contributed by atoms with Crippen molar-refractivity contribution in [3.63, 3.8) is 0 Å². The number of ether oxygens (including phenoxy) is 1. The number of aromatic amines is 1. The maximum absolute atomic E-state index is 14.1. The molecule has 5 N–H and O–H groups in total. The molecule has 0 saturated heterocycles. The normalized spacial score (nSPS) is 18.2. The number of amides is 1. The van der Waals surface area contributed by atoms with Gasteiger partial charge in [0.05, 0.1) is 52.2 Å². The van der Waals surface area contributed by atoms with Gasteiger partial charge in [-0.2, -0.15) is 5.10 Å². The number of phenols is 3. The van der Waals surface area contributed by atoms with Gasteiger partial charge >= 0.3 is 0 Å². The molecular weight excluding hydrogens is 600 g/mol. The number of aromatic hydroxyl groups is 3. The van der Waals surface area contributed by atoms with Crippen molar-refractivity contribution in [1.29, 1.82) is 0 Å². The summed E-state index contributed by atoms with van der Waals surface area (Å²) in [7, 11) is 1.12. The van der Waals surface area contributed by atoms with Crippen LogP contribution in [0.1, 0.15) is 75.0 Å². The molecule has 0 saturated carbocycles. The van der Waals surface area contributed by atoms with Gasteiger partial charge in [0, 0.05) is 24.0 Å². The second-order valence-corrected chi connectivity index (χ2v) is 10.9. The number of rotatable bonds is 4. The lowest BCUT2D eigenvalue weighted by Gasteiger charge is -2.22. The van der Waals surface area contributed by atoms with Gasteiger partial charge in [-0.1, -0.05) is 6.07 Å². The number of carbonyl (C=O) groups is 5. The molecule has 2 aromatic heterocycles. The van der Waals surface area contributed by atoms with Crippen molar-refractivity contribution in [2.75, 3.05) is 7.11 Å². The third-order valence-electron chi connectivity index (χ3n) is 8.55. The highest BCUT2D eigenvalue weighted by Gasteiger charge is 2.61. The monoisotopic (exact) mass is 620 g/mol. The number of hydrogen-bond acceptors (Lipinski definition) is 12. The van der Waals surface area contributed by atoms with Crippen molar-refractivity contribution in [3.05, 3.63) is 103 Å². The van der Waals surface area contributed by atoms with E-state index in [0.717, 1.165) is 13.2 Å². The van der Waals surface area contributed by atoms with Crippen LogP contribution < -0.4 is 11.0 Å². The molecule has 2 heterocycles. The number of hydrazone groups is 1. The fourth-order valence-corrected chi connectivity index (χ4v) is 6.55. The molecule has 1 amide bonds. The summed E-state index contributed by atoms with van der Waals surface area (Å²) in [6.45, 7) is 0. The zero-order valence-electron chi connectivity index (χ0n) is 23.6. The standard InChI is InChI=1S/C32H20N4O10/c1-46-17-9-16(37)19-20(24(17)38)26(40)22-21(25(19)39)28(42)32(29(22)43)5-4-12-7-14-8-15(35-31(45)18(14)27(41)23(12)32)11-34-36-30(44)13-3-2-6-33-10-13/h2-3,6-11,39-41H,4-5H2,1H3,(H,35,45)(H,36,44)/b34-11+. The van der Waals surface area contributed by atoms with Gasteiger partial charge in [-0.05, 0) is 42.0 Å². The highest BCUT2D eigenvalue weighted by Crippen LogP contribution is 2.57. The highest BCUT2D eigenvalue weighted by molar-refractivity contribution is 6.38. The first-order chi connectivity index (χ1) is 22.0. The van der Waals surface area contributed by atoms with Crippen molar-refractivity contribution in [3.8, 4) is 17.2 Å². The van der Waals surface area contributed by atoms with Crippen LogP contribution >= 0.6 is 0 Å². The molecule has 2 aromatic carbocycles. The van der Waals surface area contributed by atoms with E-state index in [-0.39, 0.29) is 40.4 Å². The van der Waals surface area contributed by atoms with E-state index in [1.807, 2.05) is 0 Å². The minimum atomic E-state index is -2.15. The number of methoxy groups -OCH3 is 1. The molecule has 4 aromatic rings. The van der Waals surface area contributed by atoms with Gasteiger partial charge in [0.25, 0.3) is 11.5 Å². The predicted molar refractivity (Wildman–Crippen MR) is 158 cm³/mol. The number of carbonyl (C=O) groups excluding carboxylic acids is 5. The van der Waals surface area contributed by atoms with Gasteiger partial charge in [-0.3, -0.25) is 33.8 Å². The van der Waals surface area contributed by atoms with Gasteiger partial charge in [0.1, 0.15) is 22.7 Å². The third-order valence-corrected chi connectivity index (χ3v) is 8.55. The quantitative estimate of drug-likeness (QED) is 0.0959. The number of H-pyrrole nitrogens is 1. The molecule has 14 heteroatoms. The van der Waals surface area contributed by atoms with E-state index in [1.54, 1.807) is 6.07 Å². The van der Waals surface area contributed by atoms with Crippen LogP contribution in [0.5, 0.6) is 17.2 Å². The van der Waals surface area contributed by atoms with E-state index in [0.29, 0.717) is 5.56 Å². The topological polar surface area (TPSA) is 225 Å². The summed E-state index contributed by atoms with van der Waals surface area (Å²) in [4.78, 5) is 85.8. The fraction of sp³-hybridized carbons (Fsp3) is 0.125. The molecule has 14 nitrogen and oxygen atoms in total. The SMILES string of the molecule is COC1=CC(=O)c2c(O)c3c(c(O)c2C1=O)C(=O)C1(CCc2cc4cc(/C=N/NC(=O)c5cccnc5)[nH]c(=O)c4c(O)c21)C3=O. The molecule has 228 valence electrons. The molecular formula is C32H20N4O10. The number of Topliss-reactive ketones (excluding diaryl/α,β-unsaturated/α-hetero) is 3. The van der Waals surface area contributed by atoms with Gasteiger partial charge in [-0.25, -0.2) is 5.43 Å². The average molecular weight is 621 g/mol. The van der Waals surface area contributed by atoms with E-state index >= 15 is 0 Å². The molecule has 0 fully saturated rings. The Balaban J connectivity index is 1.32. The van der Waals surface area contributed by atoms with Crippen LogP contribution in [0.25, 0.3) is 10.8 Å². The second-order valence-electron chi connectivity index (χ2n) is 10.9. The molecule has 0 radical (unpaired) electrons. The molecule has 1 spiro atoms. The van der Waals surface area contributed by atoms with Gasteiger partial charge in [-0.15, -0.1) is 0 Å². The summed E-state index contributed by atoms with van der Waals surface area (Å²) in [6.07, 6.45) is 4.72. The van der Waals surface area contributed by atoms with E-state index in [9.17, 15) is 44.1 Å². The van der Waals surface area contributed by atoms with Gasteiger partial charge in [0.15, 0.2) is 23.1 Å². The number of nitrogens with one attached hydrogen (secondary N) is 2. The van der Waals surface area contributed by atoms with Gasteiger partial charge in [0.2, 0.25) is 5.78 Å². The number of fused-ring (bicyclic) bond motifs is 5. The predicted octanol–water partition coefficient (Wildman–Crippen LogP) is 1.98. The summed E-state index contributed by atoms with van der Waals surface area (Å²) >= 11 is 0. The van der Waals surface area contributed by atoms with Crippen molar-refractivity contribution >= 4 is 46.0 Å².